The standard InChI is InChI=1S/C16H28O4.Fe/c1-5-9-11-13(7-3)15(17)19-20-16(18)14(8-4)12-10-6-2;/h13-14H,5-11H2,1-4H3;/q;+1. The van der Waals surface area contributed by atoms with Gasteiger partial charge in [-0.2, -0.15) is 0 Å². The third kappa shape index (κ3) is 7.77. The van der Waals surface area contributed by atoms with E-state index in [-0.39, 0.29) is 5.92 Å². The van der Waals surface area contributed by atoms with Crippen molar-refractivity contribution in [3.63, 3.8) is 0 Å². The first-order valence-corrected chi connectivity index (χ1v) is 8.48. The van der Waals surface area contributed by atoms with Gasteiger partial charge < -0.3 is 0 Å². The molecule has 21 heavy (non-hydrogen) atoms. The van der Waals surface area contributed by atoms with Gasteiger partial charge in [-0.15, -0.1) is 0 Å². The monoisotopic (exact) mass is 340 g/mol. The molecule has 0 saturated heterocycles. The average Bonchev–Trinajstić information content (AvgIpc) is 2.46. The molecule has 0 aliphatic heterocycles. The molecular weight excluding hydrogens is 312 g/mol. The summed E-state index contributed by atoms with van der Waals surface area (Å²) in [5, 5.41) is 0. The molecule has 0 spiro atoms. The fraction of sp³-hybridized carbons (Fsp3) is 0.812. The summed E-state index contributed by atoms with van der Waals surface area (Å²) >= 11 is 3.91. The number of unbranched alkanes of at least 4 members (excludes halogenated alkanes) is 1. The van der Waals surface area contributed by atoms with Crippen LogP contribution in [0.1, 0.15) is 72.6 Å². The van der Waals surface area contributed by atoms with Crippen molar-refractivity contribution in [2.75, 3.05) is 0 Å². The maximum absolute atomic E-state index is 12.0. The second-order valence-corrected chi connectivity index (χ2v) is 5.90. The van der Waals surface area contributed by atoms with E-state index in [1.807, 2.05) is 20.8 Å². The molecule has 4 nitrogen and oxygen atoms in total. The Kier molecular flexibility index (Phi) is 11.6. The van der Waals surface area contributed by atoms with Gasteiger partial charge in [0.1, 0.15) is 0 Å². The Morgan fingerprint density at radius 1 is 0.952 bits per heavy atom. The van der Waals surface area contributed by atoms with Gasteiger partial charge in [-0.25, -0.2) is 0 Å². The Hall–Kier alpha value is -0.671. The Balaban J connectivity index is 4.37. The molecule has 0 rings (SSSR count). The molecule has 0 aromatic carbocycles. The summed E-state index contributed by atoms with van der Waals surface area (Å²) in [6.07, 6.45) is 5.75. The summed E-state index contributed by atoms with van der Waals surface area (Å²) in [4.78, 5) is 33.3. The van der Waals surface area contributed by atoms with Gasteiger partial charge in [-0.05, 0) is 0 Å². The molecule has 0 amide bonds. The van der Waals surface area contributed by atoms with Crippen LogP contribution < -0.4 is 0 Å². The molecule has 2 unspecified atom stereocenters. The summed E-state index contributed by atoms with van der Waals surface area (Å²) in [6.45, 7) is 7.93. The SMILES string of the molecule is CCCCC(CC)C(=O)OOC(=O)C(CC)[C](=[Fe+])CCC. The second kappa shape index (κ2) is 11.9. The van der Waals surface area contributed by atoms with Crippen molar-refractivity contribution < 1.29 is 34.9 Å². The van der Waals surface area contributed by atoms with E-state index in [1.54, 1.807) is 0 Å². The van der Waals surface area contributed by atoms with Gasteiger partial charge in [0.25, 0.3) is 0 Å². The van der Waals surface area contributed by atoms with E-state index >= 15 is 0 Å². The first-order valence-electron chi connectivity index (χ1n) is 7.93. The van der Waals surface area contributed by atoms with Gasteiger partial charge in [0.15, 0.2) is 0 Å². The van der Waals surface area contributed by atoms with Crippen molar-refractivity contribution >= 4 is 16.4 Å². The van der Waals surface area contributed by atoms with Crippen molar-refractivity contribution in [3.05, 3.63) is 0 Å². The summed E-state index contributed by atoms with van der Waals surface area (Å²) in [5.74, 6) is -1.56. The summed E-state index contributed by atoms with van der Waals surface area (Å²) in [6, 6.07) is 0. The van der Waals surface area contributed by atoms with Crippen LogP contribution in [0.25, 0.3) is 0 Å². The Morgan fingerprint density at radius 2 is 1.57 bits per heavy atom. The maximum atomic E-state index is 12.0. The van der Waals surface area contributed by atoms with Crippen molar-refractivity contribution in [2.45, 2.75) is 72.6 Å². The fourth-order valence-electron chi connectivity index (χ4n) is 2.06. The van der Waals surface area contributed by atoms with Crippen LogP contribution >= 0.6 is 0 Å². The third-order valence-electron chi connectivity index (χ3n) is 3.48. The van der Waals surface area contributed by atoms with Gasteiger partial charge >= 0.3 is 136 Å². The molecule has 0 aromatic heterocycles. The summed E-state index contributed by atoms with van der Waals surface area (Å²) < 4.78 is 0.832. The molecule has 0 saturated carbocycles. The predicted octanol–water partition coefficient (Wildman–Crippen LogP) is 3.75. The zero-order chi connectivity index (χ0) is 16.3. The molecule has 0 radical (unpaired) electrons. The molecule has 0 aliphatic carbocycles. The Labute approximate surface area is 136 Å². The normalized spacial score (nSPS) is 13.3. The van der Waals surface area contributed by atoms with Crippen LogP contribution in [0.5, 0.6) is 0 Å². The van der Waals surface area contributed by atoms with Gasteiger partial charge in [0.05, 0.1) is 0 Å². The molecule has 0 heterocycles. The molecule has 0 fully saturated rings. The van der Waals surface area contributed by atoms with E-state index < -0.39 is 17.9 Å². The van der Waals surface area contributed by atoms with E-state index in [0.29, 0.717) is 12.8 Å². The van der Waals surface area contributed by atoms with Gasteiger partial charge in [0.2, 0.25) is 0 Å². The van der Waals surface area contributed by atoms with E-state index in [9.17, 15) is 9.59 Å². The van der Waals surface area contributed by atoms with E-state index in [4.69, 9.17) is 9.78 Å². The molecule has 0 aromatic rings. The zero-order valence-electron chi connectivity index (χ0n) is 13.6. The van der Waals surface area contributed by atoms with Gasteiger partial charge in [-0.1, -0.05) is 0 Å². The van der Waals surface area contributed by atoms with E-state index in [0.717, 1.165) is 36.5 Å². The molecule has 0 bridgehead atoms. The van der Waals surface area contributed by atoms with E-state index in [1.165, 1.54) is 0 Å². The first kappa shape index (κ1) is 20.3. The molecular formula is C16H28FeO4+. The molecule has 0 N–H and O–H groups in total. The van der Waals surface area contributed by atoms with Crippen molar-refractivity contribution in [3.8, 4) is 0 Å². The van der Waals surface area contributed by atoms with Crippen LogP contribution in [0.4, 0.5) is 0 Å². The number of carbonyl (C=O) groups is 2. The fourth-order valence-corrected chi connectivity index (χ4v) is 2.69. The number of hydrogen-bond donors (Lipinski definition) is 0. The minimum absolute atomic E-state index is 0.198. The molecule has 123 valence electrons. The van der Waals surface area contributed by atoms with Crippen molar-refractivity contribution in [2.24, 2.45) is 11.8 Å². The summed E-state index contributed by atoms with van der Waals surface area (Å²) in [5.41, 5.74) is 0. The number of hydrogen-bond acceptors (Lipinski definition) is 4. The van der Waals surface area contributed by atoms with Crippen LogP contribution in [0.2, 0.25) is 0 Å². The van der Waals surface area contributed by atoms with Crippen LogP contribution in [-0.4, -0.2) is 16.4 Å². The Morgan fingerprint density at radius 3 is 2.05 bits per heavy atom. The molecule has 2 atom stereocenters. The zero-order valence-corrected chi connectivity index (χ0v) is 14.7. The quantitative estimate of drug-likeness (QED) is 0.345. The van der Waals surface area contributed by atoms with Gasteiger partial charge in [-0.3, -0.25) is 0 Å². The number of rotatable bonds is 10. The second-order valence-electron chi connectivity index (χ2n) is 5.19. The molecule has 0 aliphatic rings. The average molecular weight is 340 g/mol. The van der Waals surface area contributed by atoms with Crippen LogP contribution in [0.15, 0.2) is 0 Å². The number of carbonyl (C=O) groups excluding carboxylic acids is 2. The predicted molar refractivity (Wildman–Crippen MR) is 79.2 cm³/mol. The van der Waals surface area contributed by atoms with Crippen LogP contribution in [-0.2, 0) is 34.9 Å². The minimum atomic E-state index is -0.519. The first-order chi connectivity index (χ1) is 10.0. The Bertz CT molecular complexity index is 341. The van der Waals surface area contributed by atoms with Crippen LogP contribution in [0, 0.1) is 11.8 Å². The van der Waals surface area contributed by atoms with Crippen molar-refractivity contribution in [1.82, 2.24) is 0 Å². The topological polar surface area (TPSA) is 52.6 Å². The van der Waals surface area contributed by atoms with Crippen molar-refractivity contribution in [1.29, 1.82) is 0 Å². The van der Waals surface area contributed by atoms with Crippen LogP contribution in [0.3, 0.4) is 0 Å². The summed E-state index contributed by atoms with van der Waals surface area (Å²) in [7, 11) is 0. The third-order valence-corrected chi connectivity index (χ3v) is 4.14. The molecule has 5 heteroatoms. The van der Waals surface area contributed by atoms with Gasteiger partial charge in [0, 0.05) is 0 Å². The van der Waals surface area contributed by atoms with E-state index in [2.05, 4.69) is 22.5 Å².